The number of hydrogen-bond acceptors (Lipinski definition) is 3. The van der Waals surface area contributed by atoms with E-state index in [2.05, 4.69) is 9.88 Å². The molecule has 0 bridgehead atoms. The first-order valence-corrected chi connectivity index (χ1v) is 5.98. The van der Waals surface area contributed by atoms with E-state index >= 15 is 0 Å². The molecular weight excluding hydrogens is 242 g/mol. The largest absolute Gasteiger partial charge is 0.481 e. The van der Waals surface area contributed by atoms with E-state index in [0.717, 1.165) is 12.4 Å². The van der Waals surface area contributed by atoms with Crippen LogP contribution < -0.4 is 0 Å². The SMILES string of the molecule is CC1CN(Cc2ncc(Cl)n2C)CC1C(=O)O. The molecule has 2 unspecified atom stereocenters. The van der Waals surface area contributed by atoms with Crippen LogP contribution >= 0.6 is 11.6 Å². The van der Waals surface area contributed by atoms with Crippen LogP contribution in [0.25, 0.3) is 0 Å². The smallest absolute Gasteiger partial charge is 0.308 e. The number of nitrogens with zero attached hydrogens (tertiary/aromatic N) is 3. The summed E-state index contributed by atoms with van der Waals surface area (Å²) in [6, 6.07) is 0. The number of carbonyl (C=O) groups is 1. The third-order valence-electron chi connectivity index (χ3n) is 3.40. The number of rotatable bonds is 3. The quantitative estimate of drug-likeness (QED) is 0.885. The van der Waals surface area contributed by atoms with Crippen LogP contribution in [0.2, 0.25) is 5.15 Å². The van der Waals surface area contributed by atoms with Gasteiger partial charge >= 0.3 is 5.97 Å². The van der Waals surface area contributed by atoms with Crippen LogP contribution in [0.4, 0.5) is 0 Å². The Kier molecular flexibility index (Phi) is 3.40. The molecule has 94 valence electrons. The van der Waals surface area contributed by atoms with Gasteiger partial charge < -0.3 is 9.67 Å². The molecule has 17 heavy (non-hydrogen) atoms. The highest BCUT2D eigenvalue weighted by atomic mass is 35.5. The molecule has 5 nitrogen and oxygen atoms in total. The maximum atomic E-state index is 11.0. The van der Waals surface area contributed by atoms with Crippen molar-refractivity contribution in [3.8, 4) is 0 Å². The van der Waals surface area contributed by atoms with Gasteiger partial charge in [0.15, 0.2) is 0 Å². The number of carboxylic acid groups (broad SMARTS) is 1. The monoisotopic (exact) mass is 257 g/mol. The van der Waals surface area contributed by atoms with Gasteiger partial charge in [0.2, 0.25) is 0 Å². The van der Waals surface area contributed by atoms with Crippen molar-refractivity contribution < 1.29 is 9.90 Å². The first kappa shape index (κ1) is 12.4. The molecule has 1 N–H and O–H groups in total. The van der Waals surface area contributed by atoms with Gasteiger partial charge in [0.05, 0.1) is 18.7 Å². The average Bonchev–Trinajstić information content (AvgIpc) is 2.76. The lowest BCUT2D eigenvalue weighted by atomic mass is 9.99. The average molecular weight is 258 g/mol. The third-order valence-corrected chi connectivity index (χ3v) is 3.75. The van der Waals surface area contributed by atoms with Gasteiger partial charge in [-0.25, -0.2) is 4.98 Å². The Bertz CT molecular complexity index is 432. The second kappa shape index (κ2) is 4.66. The van der Waals surface area contributed by atoms with Gasteiger partial charge in [0, 0.05) is 20.1 Å². The van der Waals surface area contributed by atoms with E-state index in [1.165, 1.54) is 0 Å². The minimum absolute atomic E-state index is 0.184. The highest BCUT2D eigenvalue weighted by Crippen LogP contribution is 2.24. The summed E-state index contributed by atoms with van der Waals surface area (Å²) in [5.41, 5.74) is 0. The molecule has 1 saturated heterocycles. The van der Waals surface area contributed by atoms with Gasteiger partial charge in [-0.05, 0) is 5.92 Å². The summed E-state index contributed by atoms with van der Waals surface area (Å²) in [7, 11) is 1.86. The van der Waals surface area contributed by atoms with Crippen LogP contribution in [0.15, 0.2) is 6.20 Å². The van der Waals surface area contributed by atoms with E-state index in [4.69, 9.17) is 16.7 Å². The molecule has 1 aliphatic rings. The van der Waals surface area contributed by atoms with E-state index in [1.807, 2.05) is 18.5 Å². The second-order valence-electron chi connectivity index (χ2n) is 4.67. The molecule has 1 fully saturated rings. The van der Waals surface area contributed by atoms with Gasteiger partial charge in [-0.3, -0.25) is 9.69 Å². The summed E-state index contributed by atoms with van der Waals surface area (Å²) in [5, 5.41) is 9.66. The minimum Gasteiger partial charge on any atom is -0.481 e. The van der Waals surface area contributed by atoms with Crippen LogP contribution in [0.1, 0.15) is 12.7 Å². The van der Waals surface area contributed by atoms with Crippen molar-refractivity contribution in [2.75, 3.05) is 13.1 Å². The molecule has 1 aromatic rings. The predicted octanol–water partition coefficient (Wildman–Crippen LogP) is 1.23. The molecule has 0 amide bonds. The lowest BCUT2D eigenvalue weighted by molar-refractivity contribution is -0.142. The van der Waals surface area contributed by atoms with E-state index in [-0.39, 0.29) is 11.8 Å². The van der Waals surface area contributed by atoms with Crippen LogP contribution in [-0.4, -0.2) is 38.6 Å². The summed E-state index contributed by atoms with van der Waals surface area (Å²) in [5.74, 6) is 0.0695. The second-order valence-corrected chi connectivity index (χ2v) is 5.06. The van der Waals surface area contributed by atoms with Crippen molar-refractivity contribution in [2.24, 2.45) is 18.9 Å². The highest BCUT2D eigenvalue weighted by molar-refractivity contribution is 6.29. The topological polar surface area (TPSA) is 58.4 Å². The van der Waals surface area contributed by atoms with Crippen molar-refractivity contribution in [3.05, 3.63) is 17.2 Å². The summed E-state index contributed by atoms with van der Waals surface area (Å²) in [4.78, 5) is 17.3. The van der Waals surface area contributed by atoms with Crippen LogP contribution in [-0.2, 0) is 18.4 Å². The van der Waals surface area contributed by atoms with Gasteiger partial charge in [0.25, 0.3) is 0 Å². The first-order chi connectivity index (χ1) is 7.99. The van der Waals surface area contributed by atoms with E-state index in [9.17, 15) is 4.79 Å². The van der Waals surface area contributed by atoms with E-state index in [1.54, 1.807) is 6.20 Å². The fourth-order valence-electron chi connectivity index (χ4n) is 2.29. The number of carboxylic acids is 1. The highest BCUT2D eigenvalue weighted by Gasteiger charge is 2.34. The Hall–Kier alpha value is -1.07. The molecule has 6 heteroatoms. The molecule has 1 aliphatic heterocycles. The standard InChI is InChI=1S/C11H16ClN3O2/c1-7-4-15(5-8(7)11(16)17)6-10-13-3-9(12)14(10)2/h3,7-8H,4-6H2,1-2H3,(H,16,17). The summed E-state index contributed by atoms with van der Waals surface area (Å²) in [6.45, 7) is 4.00. The molecule has 0 radical (unpaired) electrons. The minimum atomic E-state index is -0.710. The lowest BCUT2D eigenvalue weighted by Crippen LogP contribution is -2.24. The molecule has 2 rings (SSSR count). The molecule has 1 aromatic heterocycles. The third kappa shape index (κ3) is 2.45. The lowest BCUT2D eigenvalue weighted by Gasteiger charge is -2.14. The number of aromatic nitrogens is 2. The predicted molar refractivity (Wildman–Crippen MR) is 63.8 cm³/mol. The van der Waals surface area contributed by atoms with Gasteiger partial charge in [0.1, 0.15) is 11.0 Å². The van der Waals surface area contributed by atoms with E-state index < -0.39 is 5.97 Å². The fraction of sp³-hybridized carbons (Fsp3) is 0.636. The number of aliphatic carboxylic acids is 1. The number of halogens is 1. The fourth-order valence-corrected chi connectivity index (χ4v) is 2.44. The van der Waals surface area contributed by atoms with Gasteiger partial charge in [-0.2, -0.15) is 0 Å². The summed E-state index contributed by atoms with van der Waals surface area (Å²) < 4.78 is 1.82. The Labute approximate surface area is 105 Å². The van der Waals surface area contributed by atoms with Crippen LogP contribution in [0, 0.1) is 11.8 Å². The molecule has 2 heterocycles. The van der Waals surface area contributed by atoms with Crippen molar-refractivity contribution >= 4 is 17.6 Å². The molecule has 0 aliphatic carbocycles. The Morgan fingerprint density at radius 2 is 2.35 bits per heavy atom. The molecular formula is C11H16ClN3O2. The summed E-state index contributed by atoms with van der Waals surface area (Å²) >= 11 is 5.91. The number of hydrogen-bond donors (Lipinski definition) is 1. The van der Waals surface area contributed by atoms with Gasteiger partial charge in [-0.15, -0.1) is 0 Å². The van der Waals surface area contributed by atoms with Crippen molar-refractivity contribution in [1.29, 1.82) is 0 Å². The van der Waals surface area contributed by atoms with Crippen molar-refractivity contribution in [1.82, 2.24) is 14.5 Å². The van der Waals surface area contributed by atoms with E-state index in [0.29, 0.717) is 18.2 Å². The Morgan fingerprint density at radius 3 is 2.82 bits per heavy atom. The van der Waals surface area contributed by atoms with Crippen LogP contribution in [0.3, 0.4) is 0 Å². The maximum absolute atomic E-state index is 11.0. The molecule has 2 atom stereocenters. The summed E-state index contributed by atoms with van der Waals surface area (Å²) in [6.07, 6.45) is 1.62. The first-order valence-electron chi connectivity index (χ1n) is 5.60. The molecule has 0 aromatic carbocycles. The number of likely N-dealkylation sites (tertiary alicyclic amines) is 1. The van der Waals surface area contributed by atoms with Crippen LogP contribution in [0.5, 0.6) is 0 Å². The zero-order valence-electron chi connectivity index (χ0n) is 9.93. The maximum Gasteiger partial charge on any atom is 0.308 e. The van der Waals surface area contributed by atoms with Crippen molar-refractivity contribution in [3.63, 3.8) is 0 Å². The Balaban J connectivity index is 2.02. The van der Waals surface area contributed by atoms with Gasteiger partial charge in [-0.1, -0.05) is 18.5 Å². The van der Waals surface area contributed by atoms with Crippen molar-refractivity contribution in [2.45, 2.75) is 13.5 Å². The number of imidazole rings is 1. The molecule has 0 spiro atoms. The molecule has 0 saturated carbocycles. The zero-order chi connectivity index (χ0) is 12.6. The normalized spacial score (nSPS) is 25.4. The Morgan fingerprint density at radius 1 is 1.65 bits per heavy atom. The zero-order valence-corrected chi connectivity index (χ0v) is 10.7.